The predicted molar refractivity (Wildman–Crippen MR) is 102 cm³/mol. The van der Waals surface area contributed by atoms with Crippen molar-refractivity contribution in [1.82, 2.24) is 9.97 Å². The number of morpholine rings is 1. The van der Waals surface area contributed by atoms with Crippen LogP contribution in [0.4, 0.5) is 5.82 Å². The lowest BCUT2D eigenvalue weighted by Crippen LogP contribution is -2.38. The number of hydrogen-bond acceptors (Lipinski definition) is 5. The summed E-state index contributed by atoms with van der Waals surface area (Å²) in [6, 6.07) is 2.21. The van der Waals surface area contributed by atoms with Crippen LogP contribution < -0.4 is 4.90 Å². The summed E-state index contributed by atoms with van der Waals surface area (Å²) in [5, 5.41) is 0. The van der Waals surface area contributed by atoms with Crippen molar-refractivity contribution in [2.24, 2.45) is 0 Å². The third kappa shape index (κ3) is 3.66. The minimum atomic E-state index is 0. The molecule has 3 aliphatic rings. The molecule has 4 N–H and O–H groups in total. The molecule has 136 valence electrons. The first-order valence-electron chi connectivity index (χ1n) is 8.21. The zero-order valence-corrected chi connectivity index (χ0v) is 15.2. The maximum atomic E-state index is 5.48. The van der Waals surface area contributed by atoms with E-state index in [0.717, 1.165) is 43.5 Å². The maximum Gasteiger partial charge on any atom is 0.162 e. The molecule has 0 aromatic carbocycles. The van der Waals surface area contributed by atoms with Crippen molar-refractivity contribution in [2.75, 3.05) is 37.5 Å². The van der Waals surface area contributed by atoms with Crippen molar-refractivity contribution in [3.05, 3.63) is 41.5 Å². The van der Waals surface area contributed by atoms with Crippen LogP contribution in [0.3, 0.4) is 0 Å². The fourth-order valence-corrected chi connectivity index (χ4v) is 4.29. The molecule has 2 heterocycles. The molecule has 1 aromatic rings. The first-order valence-corrected chi connectivity index (χ1v) is 9.44. The van der Waals surface area contributed by atoms with Gasteiger partial charge in [-0.3, -0.25) is 0 Å². The Morgan fingerprint density at radius 2 is 1.96 bits per heavy atom. The van der Waals surface area contributed by atoms with Gasteiger partial charge in [-0.2, -0.15) is 11.8 Å². The van der Waals surface area contributed by atoms with Gasteiger partial charge in [-0.1, -0.05) is 0 Å². The second kappa shape index (κ2) is 8.17. The van der Waals surface area contributed by atoms with Crippen LogP contribution in [0.15, 0.2) is 30.0 Å². The number of thioether (sulfide) groups is 1. The van der Waals surface area contributed by atoms with E-state index in [1.807, 2.05) is 30.0 Å². The Bertz CT molecular complexity index is 698. The highest BCUT2D eigenvalue weighted by Crippen LogP contribution is 2.51. The Labute approximate surface area is 152 Å². The number of ether oxygens (including phenoxy) is 1. The van der Waals surface area contributed by atoms with Crippen molar-refractivity contribution in [1.29, 1.82) is 0 Å². The average Bonchev–Trinajstić information content (AvgIpc) is 3.10. The SMILES string of the molecule is CSC1(c2cc(N3CCOCC3)nc(C3=CC=C=C3)n2)CCC1.O.O. The van der Waals surface area contributed by atoms with E-state index in [1.54, 1.807) is 0 Å². The zero-order chi connectivity index (χ0) is 15.7. The Hall–Kier alpha value is -1.63. The fourth-order valence-electron chi connectivity index (χ4n) is 3.28. The van der Waals surface area contributed by atoms with Gasteiger partial charge in [0.15, 0.2) is 5.82 Å². The molecule has 1 saturated carbocycles. The van der Waals surface area contributed by atoms with Crippen molar-refractivity contribution < 1.29 is 15.7 Å². The van der Waals surface area contributed by atoms with Crippen molar-refractivity contribution in [2.45, 2.75) is 24.0 Å². The molecule has 0 atom stereocenters. The van der Waals surface area contributed by atoms with Crippen LogP contribution in [-0.2, 0) is 9.48 Å². The number of hydrogen-bond donors (Lipinski definition) is 0. The summed E-state index contributed by atoms with van der Waals surface area (Å²) in [5.41, 5.74) is 5.35. The van der Waals surface area contributed by atoms with Gasteiger partial charge in [0.25, 0.3) is 0 Å². The van der Waals surface area contributed by atoms with E-state index in [4.69, 9.17) is 14.7 Å². The second-order valence-electron chi connectivity index (χ2n) is 6.19. The lowest BCUT2D eigenvalue weighted by molar-refractivity contribution is 0.122. The third-order valence-corrected chi connectivity index (χ3v) is 6.32. The van der Waals surface area contributed by atoms with Crippen LogP contribution in [0.2, 0.25) is 0 Å². The van der Waals surface area contributed by atoms with Crippen LogP contribution in [0.25, 0.3) is 5.57 Å². The smallest absolute Gasteiger partial charge is 0.162 e. The number of allylic oxidation sites excluding steroid dienone is 3. The standard InChI is InChI=1S/C18H21N3OS.2H2O/c1-23-18(7-4-8-18)15-13-16(21-9-11-22-12-10-21)20-17(19-15)14-5-2-3-6-14;;/h2,5-6,13H,4,7-12H2,1H3;2*1H2. The molecule has 0 amide bonds. The fraction of sp³-hybridized carbons (Fsp3) is 0.500. The van der Waals surface area contributed by atoms with Gasteiger partial charge in [-0.05, 0) is 43.7 Å². The topological polar surface area (TPSA) is 101 Å². The maximum absolute atomic E-state index is 5.48. The first-order chi connectivity index (χ1) is 11.3. The molecule has 0 unspecified atom stereocenters. The van der Waals surface area contributed by atoms with Gasteiger partial charge in [-0.15, -0.1) is 5.73 Å². The number of rotatable bonds is 4. The molecular formula is C18H25N3O3S. The molecule has 6 nitrogen and oxygen atoms in total. The molecule has 0 radical (unpaired) electrons. The van der Waals surface area contributed by atoms with Gasteiger partial charge in [0, 0.05) is 24.7 Å². The molecule has 1 saturated heterocycles. The lowest BCUT2D eigenvalue weighted by Gasteiger charge is -2.40. The predicted octanol–water partition coefficient (Wildman–Crippen LogP) is 1.51. The molecule has 2 fully saturated rings. The van der Waals surface area contributed by atoms with E-state index in [1.165, 1.54) is 25.0 Å². The van der Waals surface area contributed by atoms with E-state index < -0.39 is 0 Å². The van der Waals surface area contributed by atoms with Crippen molar-refractivity contribution >= 4 is 23.2 Å². The Balaban J connectivity index is 0.00000113. The Morgan fingerprint density at radius 3 is 2.52 bits per heavy atom. The Kier molecular flexibility index (Phi) is 6.43. The zero-order valence-electron chi connectivity index (χ0n) is 14.4. The molecular weight excluding hydrogens is 338 g/mol. The molecule has 0 spiro atoms. The van der Waals surface area contributed by atoms with Gasteiger partial charge < -0.3 is 20.6 Å². The molecule has 0 bridgehead atoms. The van der Waals surface area contributed by atoms with E-state index in [-0.39, 0.29) is 15.7 Å². The second-order valence-corrected chi connectivity index (χ2v) is 7.38. The summed E-state index contributed by atoms with van der Waals surface area (Å²) in [5.74, 6) is 1.86. The minimum Gasteiger partial charge on any atom is -0.412 e. The van der Waals surface area contributed by atoms with E-state index >= 15 is 0 Å². The Morgan fingerprint density at radius 1 is 1.20 bits per heavy atom. The van der Waals surface area contributed by atoms with E-state index in [2.05, 4.69) is 23.0 Å². The van der Waals surface area contributed by atoms with Gasteiger partial charge in [0.05, 0.1) is 23.7 Å². The molecule has 25 heavy (non-hydrogen) atoms. The number of nitrogens with zero attached hydrogens (tertiary/aromatic N) is 3. The van der Waals surface area contributed by atoms with E-state index in [9.17, 15) is 0 Å². The highest BCUT2D eigenvalue weighted by atomic mass is 32.2. The van der Waals surface area contributed by atoms with Gasteiger partial charge >= 0.3 is 0 Å². The third-order valence-electron chi connectivity index (χ3n) is 4.92. The minimum absolute atomic E-state index is 0. The van der Waals surface area contributed by atoms with E-state index in [0.29, 0.717) is 0 Å². The van der Waals surface area contributed by atoms with Crippen molar-refractivity contribution in [3.8, 4) is 0 Å². The van der Waals surface area contributed by atoms with Crippen LogP contribution >= 0.6 is 11.8 Å². The summed E-state index contributed by atoms with van der Waals surface area (Å²) in [7, 11) is 0. The number of aromatic nitrogens is 2. The largest absolute Gasteiger partial charge is 0.412 e. The van der Waals surface area contributed by atoms with Crippen LogP contribution in [0.5, 0.6) is 0 Å². The summed E-state index contributed by atoms with van der Waals surface area (Å²) >= 11 is 1.93. The molecule has 1 aliphatic heterocycles. The van der Waals surface area contributed by atoms with Gasteiger partial charge in [0.2, 0.25) is 0 Å². The highest BCUT2D eigenvalue weighted by Gasteiger charge is 2.40. The van der Waals surface area contributed by atoms with Gasteiger partial charge in [-0.25, -0.2) is 9.97 Å². The summed E-state index contributed by atoms with van der Waals surface area (Å²) in [4.78, 5) is 12.1. The first kappa shape index (κ1) is 19.7. The van der Waals surface area contributed by atoms with Crippen LogP contribution in [-0.4, -0.2) is 53.5 Å². The quantitative estimate of drug-likeness (QED) is 0.755. The molecule has 2 aliphatic carbocycles. The molecule has 4 rings (SSSR count). The highest BCUT2D eigenvalue weighted by molar-refractivity contribution is 7.99. The average molecular weight is 363 g/mol. The summed E-state index contributed by atoms with van der Waals surface area (Å²) in [6.07, 6.45) is 11.8. The summed E-state index contributed by atoms with van der Waals surface area (Å²) < 4.78 is 5.66. The molecule has 7 heteroatoms. The lowest BCUT2D eigenvalue weighted by atomic mass is 9.81. The normalized spacial score (nSPS) is 20.4. The number of anilines is 1. The summed E-state index contributed by atoms with van der Waals surface area (Å²) in [6.45, 7) is 3.34. The van der Waals surface area contributed by atoms with Crippen LogP contribution in [0, 0.1) is 0 Å². The van der Waals surface area contributed by atoms with Gasteiger partial charge in [0.1, 0.15) is 5.82 Å². The van der Waals surface area contributed by atoms with Crippen LogP contribution in [0.1, 0.15) is 30.8 Å². The molecule has 1 aromatic heterocycles. The van der Waals surface area contributed by atoms with Crippen molar-refractivity contribution in [3.63, 3.8) is 0 Å². The monoisotopic (exact) mass is 363 g/mol.